The van der Waals surface area contributed by atoms with Crippen LogP contribution in [0, 0.1) is 0 Å². The van der Waals surface area contributed by atoms with Crippen molar-refractivity contribution in [3.05, 3.63) is 77.3 Å². The van der Waals surface area contributed by atoms with Crippen LogP contribution in [-0.2, 0) is 10.0 Å². The fourth-order valence-electron chi connectivity index (χ4n) is 3.66. The van der Waals surface area contributed by atoms with Crippen LogP contribution in [0.1, 0.15) is 23.2 Å². The molecule has 1 aliphatic heterocycles. The number of sulfonamides is 1. The Kier molecular flexibility index (Phi) is 6.50. The molecular formula is C24H23ClN2O4S. The molecule has 1 fully saturated rings. The standard InChI is InChI=1S/C24H23ClN2O4S/c1-31-23-13-10-20(16-22(23)25)26-24(28)19-6-4-17(5-7-19)18-8-11-21(12-9-18)32(29,30)27-14-2-3-15-27/h4-13,16H,2-3,14-15H2,1H3,(H,26,28). The molecule has 6 nitrogen and oxygen atoms in total. The molecule has 3 aromatic carbocycles. The highest BCUT2D eigenvalue weighted by molar-refractivity contribution is 7.89. The van der Waals surface area contributed by atoms with E-state index in [1.807, 2.05) is 12.1 Å². The number of hydrogen-bond acceptors (Lipinski definition) is 4. The number of anilines is 1. The molecule has 1 N–H and O–H groups in total. The van der Waals surface area contributed by atoms with Gasteiger partial charge in [-0.05, 0) is 66.4 Å². The van der Waals surface area contributed by atoms with Gasteiger partial charge in [-0.3, -0.25) is 4.79 Å². The molecule has 3 aromatic rings. The Balaban J connectivity index is 1.46. The first kappa shape index (κ1) is 22.3. The maximum Gasteiger partial charge on any atom is 0.255 e. The van der Waals surface area contributed by atoms with E-state index in [9.17, 15) is 13.2 Å². The molecule has 4 rings (SSSR count). The van der Waals surface area contributed by atoms with Gasteiger partial charge in [0, 0.05) is 24.3 Å². The van der Waals surface area contributed by atoms with E-state index in [0.29, 0.717) is 40.0 Å². The van der Waals surface area contributed by atoms with E-state index in [2.05, 4.69) is 5.32 Å². The van der Waals surface area contributed by atoms with Crippen molar-refractivity contribution < 1.29 is 17.9 Å². The van der Waals surface area contributed by atoms with Crippen LogP contribution in [0.4, 0.5) is 5.69 Å². The molecule has 0 atom stereocenters. The summed E-state index contributed by atoms with van der Waals surface area (Å²) in [5.41, 5.74) is 2.83. The van der Waals surface area contributed by atoms with Gasteiger partial charge < -0.3 is 10.1 Å². The first-order valence-electron chi connectivity index (χ1n) is 10.2. The normalized spacial score (nSPS) is 14.3. The van der Waals surface area contributed by atoms with E-state index in [0.717, 1.165) is 24.0 Å². The summed E-state index contributed by atoms with van der Waals surface area (Å²) >= 11 is 6.11. The van der Waals surface area contributed by atoms with Crippen LogP contribution < -0.4 is 10.1 Å². The molecule has 166 valence electrons. The molecule has 1 saturated heterocycles. The Morgan fingerprint density at radius 2 is 1.53 bits per heavy atom. The molecule has 0 radical (unpaired) electrons. The molecule has 1 heterocycles. The predicted octanol–water partition coefficient (Wildman–Crippen LogP) is 5.05. The highest BCUT2D eigenvalue weighted by atomic mass is 35.5. The van der Waals surface area contributed by atoms with Crippen molar-refractivity contribution >= 4 is 33.2 Å². The number of ether oxygens (including phenoxy) is 1. The van der Waals surface area contributed by atoms with E-state index in [1.165, 1.54) is 11.4 Å². The zero-order chi connectivity index (χ0) is 22.7. The molecule has 0 aromatic heterocycles. The molecule has 1 aliphatic rings. The summed E-state index contributed by atoms with van der Waals surface area (Å²) in [6.45, 7) is 1.16. The number of nitrogens with zero attached hydrogens (tertiary/aromatic N) is 1. The second-order valence-corrected chi connectivity index (χ2v) is 9.86. The van der Waals surface area contributed by atoms with Gasteiger partial charge in [-0.2, -0.15) is 4.31 Å². The number of carbonyl (C=O) groups excluding carboxylic acids is 1. The Morgan fingerprint density at radius 1 is 0.938 bits per heavy atom. The molecule has 32 heavy (non-hydrogen) atoms. The van der Waals surface area contributed by atoms with Gasteiger partial charge in [-0.15, -0.1) is 0 Å². The number of halogens is 1. The van der Waals surface area contributed by atoms with Crippen LogP contribution in [0.15, 0.2) is 71.6 Å². The minimum Gasteiger partial charge on any atom is -0.495 e. The van der Waals surface area contributed by atoms with Crippen molar-refractivity contribution in [3.63, 3.8) is 0 Å². The van der Waals surface area contributed by atoms with E-state index in [4.69, 9.17) is 16.3 Å². The SMILES string of the molecule is COc1ccc(NC(=O)c2ccc(-c3ccc(S(=O)(=O)N4CCCC4)cc3)cc2)cc1Cl. The molecule has 0 unspecified atom stereocenters. The Bertz CT molecular complexity index is 1220. The third-order valence-electron chi connectivity index (χ3n) is 5.45. The highest BCUT2D eigenvalue weighted by Gasteiger charge is 2.26. The monoisotopic (exact) mass is 470 g/mol. The van der Waals surface area contributed by atoms with Gasteiger partial charge in [0.05, 0.1) is 17.0 Å². The minimum atomic E-state index is -3.43. The summed E-state index contributed by atoms with van der Waals surface area (Å²) < 4.78 is 32.0. The third-order valence-corrected chi connectivity index (χ3v) is 7.66. The lowest BCUT2D eigenvalue weighted by atomic mass is 10.0. The van der Waals surface area contributed by atoms with Gasteiger partial charge in [0.15, 0.2) is 0 Å². The van der Waals surface area contributed by atoms with Crippen LogP contribution in [-0.4, -0.2) is 38.8 Å². The number of hydrogen-bond donors (Lipinski definition) is 1. The number of methoxy groups -OCH3 is 1. The maximum atomic E-state index is 12.7. The van der Waals surface area contributed by atoms with Gasteiger partial charge in [0.2, 0.25) is 10.0 Å². The number of nitrogens with one attached hydrogen (secondary N) is 1. The number of rotatable bonds is 6. The largest absolute Gasteiger partial charge is 0.495 e. The smallest absolute Gasteiger partial charge is 0.255 e. The van der Waals surface area contributed by atoms with Crippen LogP contribution in [0.5, 0.6) is 5.75 Å². The molecule has 0 saturated carbocycles. The lowest BCUT2D eigenvalue weighted by Crippen LogP contribution is -2.27. The van der Waals surface area contributed by atoms with Gasteiger partial charge in [-0.25, -0.2) is 8.42 Å². The third kappa shape index (κ3) is 4.65. The van der Waals surface area contributed by atoms with E-state index in [-0.39, 0.29) is 5.91 Å². The van der Waals surface area contributed by atoms with Gasteiger partial charge in [0.1, 0.15) is 5.75 Å². The zero-order valence-corrected chi connectivity index (χ0v) is 19.1. The van der Waals surface area contributed by atoms with E-state index in [1.54, 1.807) is 54.6 Å². The lowest BCUT2D eigenvalue weighted by Gasteiger charge is -2.15. The molecule has 8 heteroatoms. The van der Waals surface area contributed by atoms with Crippen molar-refractivity contribution in [1.29, 1.82) is 0 Å². The average molecular weight is 471 g/mol. The van der Waals surface area contributed by atoms with Gasteiger partial charge >= 0.3 is 0 Å². The van der Waals surface area contributed by atoms with Crippen molar-refractivity contribution in [1.82, 2.24) is 4.31 Å². The second kappa shape index (κ2) is 9.32. The van der Waals surface area contributed by atoms with Crippen molar-refractivity contribution in [2.24, 2.45) is 0 Å². The summed E-state index contributed by atoms with van der Waals surface area (Å²) in [6, 6.07) is 19.0. The average Bonchev–Trinajstić information content (AvgIpc) is 3.35. The summed E-state index contributed by atoms with van der Waals surface area (Å²) in [4.78, 5) is 12.9. The topological polar surface area (TPSA) is 75.7 Å². The van der Waals surface area contributed by atoms with Crippen LogP contribution >= 0.6 is 11.6 Å². The van der Waals surface area contributed by atoms with Crippen molar-refractivity contribution in [3.8, 4) is 16.9 Å². The summed E-state index contributed by atoms with van der Waals surface area (Å²) in [5.74, 6) is 0.276. The zero-order valence-electron chi connectivity index (χ0n) is 17.5. The number of carbonyl (C=O) groups is 1. The maximum absolute atomic E-state index is 12.7. The van der Waals surface area contributed by atoms with E-state index >= 15 is 0 Å². The Labute approximate surface area is 192 Å². The summed E-state index contributed by atoms with van der Waals surface area (Å²) in [6.07, 6.45) is 1.81. The lowest BCUT2D eigenvalue weighted by molar-refractivity contribution is 0.102. The predicted molar refractivity (Wildman–Crippen MR) is 126 cm³/mol. The van der Waals surface area contributed by atoms with Crippen LogP contribution in [0.25, 0.3) is 11.1 Å². The minimum absolute atomic E-state index is 0.259. The van der Waals surface area contributed by atoms with Gasteiger partial charge in [-0.1, -0.05) is 35.9 Å². The quantitative estimate of drug-likeness (QED) is 0.546. The molecule has 0 bridgehead atoms. The molecule has 0 spiro atoms. The summed E-state index contributed by atoms with van der Waals surface area (Å²) in [5, 5.41) is 3.22. The fraction of sp³-hybridized carbons (Fsp3) is 0.208. The van der Waals surface area contributed by atoms with E-state index < -0.39 is 10.0 Å². The van der Waals surface area contributed by atoms with Crippen LogP contribution in [0.2, 0.25) is 5.02 Å². The second-order valence-electron chi connectivity index (χ2n) is 7.52. The fourth-order valence-corrected chi connectivity index (χ4v) is 5.43. The van der Waals surface area contributed by atoms with Crippen molar-refractivity contribution in [2.75, 3.05) is 25.5 Å². The molecule has 1 amide bonds. The first-order valence-corrected chi connectivity index (χ1v) is 12.1. The summed E-state index contributed by atoms with van der Waals surface area (Å²) in [7, 11) is -1.90. The Hall–Kier alpha value is -2.87. The Morgan fingerprint density at radius 3 is 2.09 bits per heavy atom. The van der Waals surface area contributed by atoms with Crippen LogP contribution in [0.3, 0.4) is 0 Å². The number of amides is 1. The van der Waals surface area contributed by atoms with Crippen molar-refractivity contribution in [2.45, 2.75) is 17.7 Å². The number of benzene rings is 3. The van der Waals surface area contributed by atoms with Gasteiger partial charge in [0.25, 0.3) is 5.91 Å². The highest BCUT2D eigenvalue weighted by Crippen LogP contribution is 2.28. The first-order chi connectivity index (χ1) is 15.4. The molecule has 0 aliphatic carbocycles. The molecular weight excluding hydrogens is 448 g/mol.